The van der Waals surface area contributed by atoms with Crippen molar-refractivity contribution in [2.24, 2.45) is 9.98 Å². The SMILES string of the molecule is C(=Nc1ccccc1)[N-]c1ccccc1OCCOc1ccccc1[N-]C[N-]c1ccccc1.[C-]1=C(c2ccccn2)C=CCC1.[Pt+2].[Pt].[c-]1ccccc1C1=NCCC=C1. The molecule has 1 aliphatic heterocycles. The second-order valence-corrected chi connectivity index (χ2v) is 12.6. The fourth-order valence-corrected chi connectivity index (χ4v) is 5.58. The van der Waals surface area contributed by atoms with Crippen molar-refractivity contribution < 1.29 is 51.6 Å². The summed E-state index contributed by atoms with van der Waals surface area (Å²) >= 11 is 0. The van der Waals surface area contributed by atoms with Gasteiger partial charge in [-0.3, -0.25) is 0 Å². The maximum absolute atomic E-state index is 5.92. The molecule has 1 aromatic heterocycles. The van der Waals surface area contributed by atoms with E-state index in [4.69, 9.17) is 9.47 Å². The minimum Gasteiger partial charge on any atom is -0.699 e. The summed E-state index contributed by atoms with van der Waals surface area (Å²) in [6, 6.07) is 51.7. The first kappa shape index (κ1) is 46.9. The van der Waals surface area contributed by atoms with Gasteiger partial charge in [0.15, 0.2) is 0 Å². The van der Waals surface area contributed by atoms with Crippen LogP contribution in [0.2, 0.25) is 0 Å². The van der Waals surface area contributed by atoms with E-state index in [0.717, 1.165) is 65.4 Å². The molecule has 310 valence electrons. The Bertz CT molecular complexity index is 2180. The summed E-state index contributed by atoms with van der Waals surface area (Å²) in [5.41, 5.74) is 7.51. The second-order valence-electron chi connectivity index (χ2n) is 12.6. The van der Waals surface area contributed by atoms with Crippen LogP contribution in [0.5, 0.6) is 11.5 Å². The van der Waals surface area contributed by atoms with Crippen LogP contribution in [0.15, 0.2) is 192 Å². The fourth-order valence-electron chi connectivity index (χ4n) is 5.58. The maximum Gasteiger partial charge on any atom is 2.00 e. The van der Waals surface area contributed by atoms with Gasteiger partial charge >= 0.3 is 21.1 Å². The normalized spacial score (nSPS) is 12.3. The molecule has 1 aliphatic carbocycles. The molecule has 0 N–H and O–H groups in total. The molecule has 0 bridgehead atoms. The Balaban J connectivity index is 0.000000248. The molecule has 8 rings (SSSR count). The van der Waals surface area contributed by atoms with Crippen molar-refractivity contribution in [2.75, 3.05) is 26.4 Å². The first-order valence-electron chi connectivity index (χ1n) is 19.3. The summed E-state index contributed by atoms with van der Waals surface area (Å²) in [6.07, 6.45) is 18.3. The van der Waals surface area contributed by atoms with E-state index in [1.165, 1.54) is 6.34 Å². The summed E-state index contributed by atoms with van der Waals surface area (Å²) in [5.74, 6) is 1.37. The number of rotatable bonds is 14. The average molecular weight is 1150 g/mol. The quantitative estimate of drug-likeness (QED) is 0.0470. The van der Waals surface area contributed by atoms with Gasteiger partial charge in [0.2, 0.25) is 0 Å². The van der Waals surface area contributed by atoms with Crippen molar-refractivity contribution in [3.8, 4) is 11.5 Å². The van der Waals surface area contributed by atoms with Gasteiger partial charge in [-0.2, -0.15) is 17.7 Å². The monoisotopic (exact) mass is 1150 g/mol. The zero-order valence-electron chi connectivity index (χ0n) is 33.0. The number of benzene rings is 5. The number of para-hydroxylation sites is 6. The Morgan fingerprint density at radius 1 is 0.667 bits per heavy atom. The molecule has 6 aromatic rings. The molecule has 2 aliphatic rings. The third kappa shape index (κ3) is 16.4. The van der Waals surface area contributed by atoms with Gasteiger partial charge in [0.1, 0.15) is 24.7 Å². The topological polar surface area (TPSA) is 98.4 Å². The molecule has 0 unspecified atom stereocenters. The van der Waals surface area contributed by atoms with E-state index in [1.807, 2.05) is 158 Å². The average Bonchev–Trinajstić information content (AvgIpc) is 3.31. The van der Waals surface area contributed by atoms with Gasteiger partial charge in [0.25, 0.3) is 0 Å². The molecule has 8 nitrogen and oxygen atoms in total. The molecule has 0 saturated carbocycles. The van der Waals surface area contributed by atoms with E-state index >= 15 is 0 Å². The van der Waals surface area contributed by atoms with Crippen LogP contribution in [0.3, 0.4) is 0 Å². The summed E-state index contributed by atoms with van der Waals surface area (Å²) in [6.45, 7) is 1.98. The van der Waals surface area contributed by atoms with Gasteiger partial charge in [0.05, 0.1) is 0 Å². The molecular formula is C50H45N6O2Pt2-3. The Labute approximate surface area is 383 Å². The van der Waals surface area contributed by atoms with Gasteiger partial charge in [-0.15, -0.1) is 47.7 Å². The second kappa shape index (κ2) is 27.8. The van der Waals surface area contributed by atoms with Crippen molar-refractivity contribution in [1.82, 2.24) is 4.98 Å². The standard InChI is InChI=1S/C28H25N4O2.2C11H10N.2Pt/c1-3-11-23(12-4-1)29-21-31-25-15-7-9-17-27(25)33-19-20-34-28-18-10-8-16-26(28)32-22-30-24-13-5-2-6-14-24;2*1-2-6-10(7-3-1)11-8-4-5-9-12-11;;/h1-18,21H,19-20,22H2;2,4-6,8-9H,1,3H2;1-4,6,8H,5,9H2;;/q-3;2*-1;;+2. The Hall–Kier alpha value is -5.81. The van der Waals surface area contributed by atoms with Crippen molar-refractivity contribution in [3.05, 3.63) is 222 Å². The van der Waals surface area contributed by atoms with Gasteiger partial charge in [-0.05, 0) is 41.7 Å². The third-order valence-corrected chi connectivity index (χ3v) is 8.43. The Morgan fingerprint density at radius 3 is 2.00 bits per heavy atom. The number of hydrogen-bond donors (Lipinski definition) is 0. The predicted octanol–water partition coefficient (Wildman–Crippen LogP) is 13.0. The summed E-state index contributed by atoms with van der Waals surface area (Å²) < 4.78 is 11.8. The predicted molar refractivity (Wildman–Crippen MR) is 239 cm³/mol. The number of nitrogens with zero attached hydrogens (tertiary/aromatic N) is 6. The minimum atomic E-state index is 0. The summed E-state index contributed by atoms with van der Waals surface area (Å²) in [5, 5.41) is 13.4. The van der Waals surface area contributed by atoms with Crippen LogP contribution < -0.4 is 9.47 Å². The van der Waals surface area contributed by atoms with Crippen molar-refractivity contribution in [3.63, 3.8) is 0 Å². The van der Waals surface area contributed by atoms with E-state index in [1.54, 1.807) is 0 Å². The number of pyridine rings is 1. The molecule has 0 spiro atoms. The van der Waals surface area contributed by atoms with E-state index in [2.05, 4.69) is 67.4 Å². The number of aromatic nitrogens is 1. The molecule has 0 amide bonds. The van der Waals surface area contributed by atoms with Crippen LogP contribution in [0.1, 0.15) is 30.5 Å². The van der Waals surface area contributed by atoms with Crippen LogP contribution in [0, 0.1) is 12.1 Å². The van der Waals surface area contributed by atoms with Crippen molar-refractivity contribution in [1.29, 1.82) is 0 Å². The van der Waals surface area contributed by atoms with Crippen LogP contribution in [-0.4, -0.2) is 43.5 Å². The summed E-state index contributed by atoms with van der Waals surface area (Å²) in [7, 11) is 0. The van der Waals surface area contributed by atoms with E-state index in [-0.39, 0.29) is 42.1 Å². The van der Waals surface area contributed by atoms with Crippen molar-refractivity contribution >= 4 is 40.4 Å². The largest absolute Gasteiger partial charge is 2.00 e. The van der Waals surface area contributed by atoms with Gasteiger partial charge in [0, 0.05) is 39.5 Å². The first-order chi connectivity index (χ1) is 28.8. The smallest absolute Gasteiger partial charge is 0.699 e. The van der Waals surface area contributed by atoms with Gasteiger partial charge < -0.3 is 40.4 Å². The molecule has 0 radical (unpaired) electrons. The fraction of sp³-hybridized carbons (Fsp3) is 0.140. The van der Waals surface area contributed by atoms with Crippen LogP contribution in [0.4, 0.5) is 22.7 Å². The molecule has 2 heterocycles. The van der Waals surface area contributed by atoms with E-state index < -0.39 is 0 Å². The zero-order chi connectivity index (χ0) is 39.7. The minimum absolute atomic E-state index is 0. The molecule has 5 aromatic carbocycles. The van der Waals surface area contributed by atoms with Gasteiger partial charge in [-0.25, -0.2) is 6.67 Å². The molecular weight excluding hydrogens is 1110 g/mol. The maximum atomic E-state index is 5.92. The molecule has 60 heavy (non-hydrogen) atoms. The van der Waals surface area contributed by atoms with Crippen molar-refractivity contribution in [2.45, 2.75) is 19.3 Å². The molecule has 0 atom stereocenters. The number of allylic oxidation sites excluding steroid dienone is 5. The third-order valence-electron chi connectivity index (χ3n) is 8.43. The number of hydrogen-bond acceptors (Lipinski definition) is 5. The number of ether oxygens (including phenoxy) is 2. The number of aliphatic imine (C=N–C) groups is 2. The molecule has 0 fully saturated rings. The van der Waals surface area contributed by atoms with Gasteiger partial charge in [-0.1, -0.05) is 146 Å². The molecule has 10 heteroatoms. The molecule has 0 saturated heterocycles. The van der Waals surface area contributed by atoms with Crippen LogP contribution >= 0.6 is 0 Å². The summed E-state index contributed by atoms with van der Waals surface area (Å²) in [4.78, 5) is 13.0. The Morgan fingerprint density at radius 2 is 1.33 bits per heavy atom. The van der Waals surface area contributed by atoms with Crippen LogP contribution in [-0.2, 0) is 42.1 Å². The van der Waals surface area contributed by atoms with E-state index in [9.17, 15) is 0 Å². The first-order valence-corrected chi connectivity index (χ1v) is 19.3. The van der Waals surface area contributed by atoms with Crippen LogP contribution in [0.25, 0.3) is 21.5 Å². The zero-order valence-corrected chi connectivity index (χ0v) is 37.5. The van der Waals surface area contributed by atoms with E-state index in [0.29, 0.717) is 37.1 Å². The Kier molecular flexibility index (Phi) is 21.7. The number of dihydropyridines is 1.